The SMILES string of the molecule is Cc1cc(C)nc(NC(C)c2ccoc2)c1. The molecule has 0 bridgehead atoms. The lowest BCUT2D eigenvalue weighted by Gasteiger charge is -2.13. The fraction of sp³-hybridized carbons (Fsp3) is 0.308. The van der Waals surface area contributed by atoms with Crippen LogP contribution in [-0.2, 0) is 0 Å². The van der Waals surface area contributed by atoms with E-state index in [0.717, 1.165) is 17.1 Å². The Kier molecular flexibility index (Phi) is 2.95. The van der Waals surface area contributed by atoms with Gasteiger partial charge < -0.3 is 9.73 Å². The maximum Gasteiger partial charge on any atom is 0.126 e. The molecule has 0 aliphatic carbocycles. The van der Waals surface area contributed by atoms with Crippen LogP contribution in [0.4, 0.5) is 5.82 Å². The fourth-order valence-corrected chi connectivity index (χ4v) is 1.74. The molecule has 0 saturated heterocycles. The molecule has 84 valence electrons. The predicted molar refractivity (Wildman–Crippen MR) is 64.5 cm³/mol. The average molecular weight is 216 g/mol. The molecule has 0 aliphatic rings. The van der Waals surface area contributed by atoms with Gasteiger partial charge in [0.25, 0.3) is 0 Å². The number of hydrogen-bond donors (Lipinski definition) is 1. The van der Waals surface area contributed by atoms with E-state index in [0.29, 0.717) is 0 Å². The molecule has 2 heterocycles. The highest BCUT2D eigenvalue weighted by atomic mass is 16.3. The Morgan fingerprint density at radius 1 is 1.31 bits per heavy atom. The molecule has 0 radical (unpaired) electrons. The molecule has 0 aromatic carbocycles. The second kappa shape index (κ2) is 4.39. The Balaban J connectivity index is 2.15. The molecule has 2 rings (SSSR count). The third-order valence-corrected chi connectivity index (χ3v) is 2.51. The van der Waals surface area contributed by atoms with Gasteiger partial charge in [-0.1, -0.05) is 0 Å². The number of aromatic nitrogens is 1. The molecule has 2 aromatic heterocycles. The van der Waals surface area contributed by atoms with Crippen molar-refractivity contribution in [3.8, 4) is 0 Å². The summed E-state index contributed by atoms with van der Waals surface area (Å²) in [6.07, 6.45) is 3.43. The van der Waals surface area contributed by atoms with Crippen LogP contribution in [0.15, 0.2) is 35.1 Å². The molecule has 1 atom stereocenters. The van der Waals surface area contributed by atoms with Gasteiger partial charge in [0.05, 0.1) is 18.6 Å². The minimum absolute atomic E-state index is 0.201. The lowest BCUT2D eigenvalue weighted by molar-refractivity contribution is 0.562. The number of pyridine rings is 1. The van der Waals surface area contributed by atoms with Crippen LogP contribution in [0.25, 0.3) is 0 Å². The van der Waals surface area contributed by atoms with Gasteiger partial charge in [0, 0.05) is 11.3 Å². The standard InChI is InChI=1S/C13H16N2O/c1-9-6-10(2)14-13(7-9)15-11(3)12-4-5-16-8-12/h4-8,11H,1-3H3,(H,14,15). The molecular formula is C13H16N2O. The molecule has 3 nitrogen and oxygen atoms in total. The second-order valence-corrected chi connectivity index (χ2v) is 4.09. The average Bonchev–Trinajstić information content (AvgIpc) is 2.68. The molecule has 0 amide bonds. The number of rotatable bonds is 3. The van der Waals surface area contributed by atoms with Gasteiger partial charge in [-0.15, -0.1) is 0 Å². The summed E-state index contributed by atoms with van der Waals surface area (Å²) in [4.78, 5) is 4.44. The van der Waals surface area contributed by atoms with E-state index in [4.69, 9.17) is 4.42 Å². The molecule has 1 N–H and O–H groups in total. The monoisotopic (exact) mass is 216 g/mol. The van der Waals surface area contributed by atoms with E-state index >= 15 is 0 Å². The minimum Gasteiger partial charge on any atom is -0.472 e. The van der Waals surface area contributed by atoms with Gasteiger partial charge in [-0.3, -0.25) is 0 Å². The summed E-state index contributed by atoms with van der Waals surface area (Å²) >= 11 is 0. The first-order valence-electron chi connectivity index (χ1n) is 5.39. The van der Waals surface area contributed by atoms with Crippen molar-refractivity contribution >= 4 is 5.82 Å². The van der Waals surface area contributed by atoms with Crippen LogP contribution < -0.4 is 5.32 Å². The number of hydrogen-bond acceptors (Lipinski definition) is 3. The zero-order valence-corrected chi connectivity index (χ0v) is 9.82. The summed E-state index contributed by atoms with van der Waals surface area (Å²) in [5, 5.41) is 3.35. The third-order valence-electron chi connectivity index (χ3n) is 2.51. The lowest BCUT2D eigenvalue weighted by atomic mass is 10.2. The number of anilines is 1. The van der Waals surface area contributed by atoms with E-state index in [-0.39, 0.29) is 6.04 Å². The Hall–Kier alpha value is -1.77. The van der Waals surface area contributed by atoms with Gasteiger partial charge in [-0.05, 0) is 44.5 Å². The largest absolute Gasteiger partial charge is 0.472 e. The molecule has 2 aromatic rings. The quantitative estimate of drug-likeness (QED) is 0.853. The minimum atomic E-state index is 0.201. The Bertz CT molecular complexity index is 443. The first kappa shape index (κ1) is 10.7. The maximum absolute atomic E-state index is 5.06. The highest BCUT2D eigenvalue weighted by Gasteiger charge is 2.07. The number of furan rings is 1. The van der Waals surface area contributed by atoms with E-state index in [1.807, 2.05) is 19.1 Å². The summed E-state index contributed by atoms with van der Waals surface area (Å²) in [5.41, 5.74) is 3.37. The zero-order valence-electron chi connectivity index (χ0n) is 9.82. The van der Waals surface area contributed by atoms with Crippen molar-refractivity contribution in [3.63, 3.8) is 0 Å². The molecule has 3 heteroatoms. The van der Waals surface area contributed by atoms with Crippen LogP contribution in [-0.4, -0.2) is 4.98 Å². The van der Waals surface area contributed by atoms with Gasteiger partial charge >= 0.3 is 0 Å². The van der Waals surface area contributed by atoms with Crippen LogP contribution in [0.3, 0.4) is 0 Å². The number of nitrogens with one attached hydrogen (secondary N) is 1. The van der Waals surface area contributed by atoms with Crippen molar-refractivity contribution in [3.05, 3.63) is 47.5 Å². The van der Waals surface area contributed by atoms with Crippen molar-refractivity contribution in [1.82, 2.24) is 4.98 Å². The molecule has 0 saturated carbocycles. The molecule has 1 unspecified atom stereocenters. The summed E-state index contributed by atoms with van der Waals surface area (Å²) in [7, 11) is 0. The van der Waals surface area contributed by atoms with Crippen molar-refractivity contribution in [2.75, 3.05) is 5.32 Å². The number of aryl methyl sites for hydroxylation is 2. The predicted octanol–water partition coefficient (Wildman–Crippen LogP) is 3.46. The first-order valence-corrected chi connectivity index (χ1v) is 5.39. The van der Waals surface area contributed by atoms with Gasteiger partial charge in [-0.25, -0.2) is 4.98 Å². The van der Waals surface area contributed by atoms with Crippen LogP contribution >= 0.6 is 0 Å². The smallest absolute Gasteiger partial charge is 0.126 e. The van der Waals surface area contributed by atoms with Crippen molar-refractivity contribution in [1.29, 1.82) is 0 Å². The fourth-order valence-electron chi connectivity index (χ4n) is 1.74. The Morgan fingerprint density at radius 2 is 2.12 bits per heavy atom. The molecule has 16 heavy (non-hydrogen) atoms. The van der Waals surface area contributed by atoms with E-state index in [1.54, 1.807) is 12.5 Å². The van der Waals surface area contributed by atoms with E-state index in [1.165, 1.54) is 5.56 Å². The summed E-state index contributed by atoms with van der Waals surface area (Å²) in [6.45, 7) is 6.16. The summed E-state index contributed by atoms with van der Waals surface area (Å²) < 4.78 is 5.06. The van der Waals surface area contributed by atoms with Gasteiger partial charge in [0.15, 0.2) is 0 Å². The maximum atomic E-state index is 5.06. The van der Waals surface area contributed by atoms with E-state index in [9.17, 15) is 0 Å². The van der Waals surface area contributed by atoms with Crippen LogP contribution in [0.2, 0.25) is 0 Å². The van der Waals surface area contributed by atoms with Crippen LogP contribution in [0.1, 0.15) is 29.8 Å². The topological polar surface area (TPSA) is 38.1 Å². The number of nitrogens with zero attached hydrogens (tertiary/aromatic N) is 1. The van der Waals surface area contributed by atoms with Crippen LogP contribution in [0, 0.1) is 13.8 Å². The first-order chi connectivity index (χ1) is 7.65. The molecular weight excluding hydrogens is 200 g/mol. The van der Waals surface area contributed by atoms with E-state index in [2.05, 4.69) is 30.2 Å². The summed E-state index contributed by atoms with van der Waals surface area (Å²) in [5.74, 6) is 0.909. The zero-order chi connectivity index (χ0) is 11.5. The van der Waals surface area contributed by atoms with E-state index < -0.39 is 0 Å². The second-order valence-electron chi connectivity index (χ2n) is 4.09. The Morgan fingerprint density at radius 3 is 2.75 bits per heavy atom. The van der Waals surface area contributed by atoms with Gasteiger partial charge in [0.2, 0.25) is 0 Å². The van der Waals surface area contributed by atoms with Crippen molar-refractivity contribution in [2.45, 2.75) is 26.8 Å². The van der Waals surface area contributed by atoms with Gasteiger partial charge in [-0.2, -0.15) is 0 Å². The molecule has 0 spiro atoms. The lowest BCUT2D eigenvalue weighted by Crippen LogP contribution is -2.07. The highest BCUT2D eigenvalue weighted by Crippen LogP contribution is 2.19. The van der Waals surface area contributed by atoms with Crippen molar-refractivity contribution in [2.24, 2.45) is 0 Å². The molecule has 0 aliphatic heterocycles. The highest BCUT2D eigenvalue weighted by molar-refractivity contribution is 5.41. The Labute approximate surface area is 95.5 Å². The van der Waals surface area contributed by atoms with Gasteiger partial charge in [0.1, 0.15) is 5.82 Å². The third kappa shape index (κ3) is 2.42. The summed E-state index contributed by atoms with van der Waals surface area (Å²) in [6, 6.07) is 6.27. The van der Waals surface area contributed by atoms with Crippen molar-refractivity contribution < 1.29 is 4.42 Å². The normalized spacial score (nSPS) is 12.4. The van der Waals surface area contributed by atoms with Crippen LogP contribution in [0.5, 0.6) is 0 Å². The molecule has 0 fully saturated rings.